The molecule has 1 aromatic heterocycles. The monoisotopic (exact) mass is 427 g/mol. The average Bonchev–Trinajstić information content (AvgIpc) is 3.21. The van der Waals surface area contributed by atoms with Gasteiger partial charge in [0.1, 0.15) is 16.4 Å². The maximum atomic E-state index is 12.8. The Balaban J connectivity index is 1.53. The van der Waals surface area contributed by atoms with Gasteiger partial charge in [-0.1, -0.05) is 30.3 Å². The molecule has 0 unspecified atom stereocenters. The molecule has 0 spiro atoms. The van der Waals surface area contributed by atoms with Crippen molar-refractivity contribution in [2.75, 3.05) is 26.2 Å². The Bertz CT molecular complexity index is 1120. The van der Waals surface area contributed by atoms with Gasteiger partial charge in [0.2, 0.25) is 0 Å². The number of benzene rings is 1. The van der Waals surface area contributed by atoms with Crippen LogP contribution in [0.5, 0.6) is 0 Å². The van der Waals surface area contributed by atoms with Crippen molar-refractivity contribution in [3.05, 3.63) is 59.4 Å². The lowest BCUT2D eigenvalue weighted by Gasteiger charge is -2.23. The highest BCUT2D eigenvalue weighted by atomic mass is 32.2. The van der Waals surface area contributed by atoms with Gasteiger partial charge in [0.15, 0.2) is 0 Å². The maximum Gasteiger partial charge on any atom is 0.285 e. The van der Waals surface area contributed by atoms with Crippen LogP contribution >= 0.6 is 0 Å². The first-order chi connectivity index (χ1) is 14.4. The Morgan fingerprint density at radius 3 is 2.53 bits per heavy atom. The standard InChI is InChI=1S/C21H25N5O3S/c1-3-26-13-10-18(22-26)21(27)25-12-7-11-24(14-15-25)20-16(2)19(30(28,29)23-20)17-8-5-4-6-9-17/h4-6,8-10,13H,3,7,11-12,14-15H2,1-2H3. The molecule has 0 radical (unpaired) electrons. The normalized spacial score (nSPS) is 19.1. The summed E-state index contributed by atoms with van der Waals surface area (Å²) in [6.07, 6.45) is 2.53. The number of aryl methyl sites for hydroxylation is 1. The Labute approximate surface area is 176 Å². The summed E-state index contributed by atoms with van der Waals surface area (Å²) in [4.78, 5) is 16.8. The Morgan fingerprint density at radius 2 is 1.83 bits per heavy atom. The molecule has 1 fully saturated rings. The molecule has 9 heteroatoms. The van der Waals surface area contributed by atoms with Gasteiger partial charge < -0.3 is 9.80 Å². The van der Waals surface area contributed by atoms with Gasteiger partial charge in [-0.3, -0.25) is 9.48 Å². The van der Waals surface area contributed by atoms with Crippen LogP contribution in [-0.4, -0.2) is 65.9 Å². The number of carbonyl (C=O) groups excluding carboxylic acids is 1. The molecule has 0 aliphatic carbocycles. The molecule has 2 aromatic rings. The van der Waals surface area contributed by atoms with Crippen molar-refractivity contribution in [3.63, 3.8) is 0 Å². The average molecular weight is 428 g/mol. The molecule has 0 bridgehead atoms. The van der Waals surface area contributed by atoms with Gasteiger partial charge in [-0.25, -0.2) is 0 Å². The quantitative estimate of drug-likeness (QED) is 0.750. The number of amidine groups is 1. The third-order valence-electron chi connectivity index (χ3n) is 5.44. The number of carbonyl (C=O) groups is 1. The van der Waals surface area contributed by atoms with Crippen LogP contribution in [0, 0.1) is 0 Å². The fourth-order valence-corrected chi connectivity index (χ4v) is 5.40. The van der Waals surface area contributed by atoms with E-state index in [0.29, 0.717) is 55.4 Å². The van der Waals surface area contributed by atoms with E-state index in [4.69, 9.17) is 0 Å². The van der Waals surface area contributed by atoms with Crippen LogP contribution in [0.15, 0.2) is 52.6 Å². The van der Waals surface area contributed by atoms with Crippen molar-refractivity contribution >= 4 is 26.7 Å². The van der Waals surface area contributed by atoms with Gasteiger partial charge in [0.05, 0.1) is 0 Å². The molecule has 1 saturated heterocycles. The summed E-state index contributed by atoms with van der Waals surface area (Å²) >= 11 is 0. The van der Waals surface area contributed by atoms with E-state index in [1.54, 1.807) is 40.9 Å². The second-order valence-electron chi connectivity index (χ2n) is 7.40. The molecule has 0 saturated carbocycles. The van der Waals surface area contributed by atoms with Crippen LogP contribution in [0.25, 0.3) is 4.91 Å². The molecule has 30 heavy (non-hydrogen) atoms. The number of nitrogens with zero attached hydrogens (tertiary/aromatic N) is 5. The Hall–Kier alpha value is -2.94. The van der Waals surface area contributed by atoms with Crippen LogP contribution in [0.3, 0.4) is 0 Å². The van der Waals surface area contributed by atoms with Crippen LogP contribution in [0.4, 0.5) is 0 Å². The third kappa shape index (κ3) is 3.77. The van der Waals surface area contributed by atoms with Crippen molar-refractivity contribution in [1.29, 1.82) is 0 Å². The lowest BCUT2D eigenvalue weighted by atomic mass is 10.1. The van der Waals surface area contributed by atoms with E-state index in [2.05, 4.69) is 9.50 Å². The lowest BCUT2D eigenvalue weighted by molar-refractivity contribution is 0.0757. The van der Waals surface area contributed by atoms with E-state index < -0.39 is 10.0 Å². The number of hydrogen-bond donors (Lipinski definition) is 0. The van der Waals surface area contributed by atoms with Crippen molar-refractivity contribution in [2.24, 2.45) is 4.40 Å². The van der Waals surface area contributed by atoms with Gasteiger partial charge in [-0.2, -0.15) is 13.5 Å². The van der Waals surface area contributed by atoms with Crippen molar-refractivity contribution in [2.45, 2.75) is 26.8 Å². The van der Waals surface area contributed by atoms with Crippen LogP contribution < -0.4 is 0 Å². The second kappa shape index (κ2) is 8.06. The molecule has 2 aliphatic rings. The SMILES string of the molecule is CCn1ccc(C(=O)N2CCCN(C3=NS(=O)(=O)C(c4ccccc4)=C3C)CC2)n1. The summed E-state index contributed by atoms with van der Waals surface area (Å²) in [6.45, 7) is 6.74. The zero-order valence-corrected chi connectivity index (χ0v) is 18.0. The molecule has 1 amide bonds. The largest absolute Gasteiger partial charge is 0.354 e. The molecule has 0 N–H and O–H groups in total. The summed E-state index contributed by atoms with van der Waals surface area (Å²) in [5, 5.41) is 4.31. The predicted octanol–water partition coefficient (Wildman–Crippen LogP) is 2.22. The number of hydrogen-bond acceptors (Lipinski definition) is 5. The summed E-state index contributed by atoms with van der Waals surface area (Å²) in [7, 11) is -3.74. The van der Waals surface area contributed by atoms with E-state index in [9.17, 15) is 13.2 Å². The number of amides is 1. The zero-order chi connectivity index (χ0) is 21.3. The first-order valence-electron chi connectivity index (χ1n) is 10.1. The first-order valence-corrected chi connectivity index (χ1v) is 11.5. The number of sulfonamides is 1. The van der Waals surface area contributed by atoms with Crippen LogP contribution in [0.2, 0.25) is 0 Å². The molecule has 0 atom stereocenters. The van der Waals surface area contributed by atoms with E-state index in [0.717, 1.165) is 6.42 Å². The molecular formula is C21H25N5O3S. The summed E-state index contributed by atoms with van der Waals surface area (Å²) < 4.78 is 31.3. The van der Waals surface area contributed by atoms with E-state index >= 15 is 0 Å². The third-order valence-corrected chi connectivity index (χ3v) is 6.91. The lowest BCUT2D eigenvalue weighted by Crippen LogP contribution is -2.37. The summed E-state index contributed by atoms with van der Waals surface area (Å²) in [5.74, 6) is 0.390. The molecule has 8 nitrogen and oxygen atoms in total. The van der Waals surface area contributed by atoms with E-state index in [-0.39, 0.29) is 10.8 Å². The summed E-state index contributed by atoms with van der Waals surface area (Å²) in [5.41, 5.74) is 1.74. The highest BCUT2D eigenvalue weighted by Crippen LogP contribution is 2.33. The number of aromatic nitrogens is 2. The van der Waals surface area contributed by atoms with Gasteiger partial charge in [0.25, 0.3) is 15.9 Å². The molecule has 158 valence electrons. The topological polar surface area (TPSA) is 87.9 Å². The van der Waals surface area contributed by atoms with Gasteiger partial charge in [-0.05, 0) is 31.9 Å². The fraction of sp³-hybridized carbons (Fsp3) is 0.381. The first kappa shape index (κ1) is 20.3. The molecule has 4 rings (SSSR count). The van der Waals surface area contributed by atoms with Crippen molar-refractivity contribution < 1.29 is 13.2 Å². The van der Waals surface area contributed by atoms with E-state index in [1.165, 1.54) is 0 Å². The highest BCUT2D eigenvalue weighted by molar-refractivity contribution is 8.00. The Morgan fingerprint density at radius 1 is 1.07 bits per heavy atom. The van der Waals surface area contributed by atoms with Gasteiger partial charge in [-0.15, -0.1) is 4.40 Å². The second-order valence-corrected chi connectivity index (χ2v) is 8.94. The van der Waals surface area contributed by atoms with E-state index in [1.807, 2.05) is 30.0 Å². The summed E-state index contributed by atoms with van der Waals surface area (Å²) in [6, 6.07) is 10.8. The minimum absolute atomic E-state index is 0.0951. The van der Waals surface area contributed by atoms with Crippen molar-refractivity contribution in [3.8, 4) is 0 Å². The zero-order valence-electron chi connectivity index (χ0n) is 17.2. The van der Waals surface area contributed by atoms with Crippen molar-refractivity contribution in [1.82, 2.24) is 19.6 Å². The smallest absolute Gasteiger partial charge is 0.285 e. The van der Waals surface area contributed by atoms with Gasteiger partial charge >= 0.3 is 0 Å². The fourth-order valence-electron chi connectivity index (χ4n) is 3.92. The van der Waals surface area contributed by atoms with Gasteiger partial charge in [0, 0.05) is 44.5 Å². The molecule has 3 heterocycles. The van der Waals surface area contributed by atoms with Crippen LogP contribution in [-0.2, 0) is 16.6 Å². The molecule has 2 aliphatic heterocycles. The molecule has 1 aromatic carbocycles. The highest BCUT2D eigenvalue weighted by Gasteiger charge is 2.34. The molecular weight excluding hydrogens is 402 g/mol. The minimum Gasteiger partial charge on any atom is -0.354 e. The predicted molar refractivity (Wildman–Crippen MR) is 115 cm³/mol. The maximum absolute atomic E-state index is 12.8. The minimum atomic E-state index is -3.74. The number of rotatable bonds is 3. The Kier molecular flexibility index (Phi) is 5.46. The van der Waals surface area contributed by atoms with Crippen LogP contribution in [0.1, 0.15) is 36.3 Å².